The molecule has 0 saturated carbocycles. The van der Waals surface area contributed by atoms with Gasteiger partial charge in [0.15, 0.2) is 12.1 Å². The van der Waals surface area contributed by atoms with Crippen molar-refractivity contribution in [2.45, 2.75) is 278 Å². The molecule has 0 aromatic heterocycles. The van der Waals surface area contributed by atoms with Crippen molar-refractivity contribution < 1.29 is 150 Å². The number of aliphatic hydroxyl groups excluding tert-OH is 4. The van der Waals surface area contributed by atoms with Crippen LogP contribution in [-0.2, 0) is 105 Å². The predicted molar refractivity (Wildman–Crippen MR) is 412 cm³/mol. The summed E-state index contributed by atoms with van der Waals surface area (Å²) in [6.07, 6.45) is -5.24. The summed E-state index contributed by atoms with van der Waals surface area (Å²) in [6, 6.07) is -18.1. The highest BCUT2D eigenvalue weighted by Crippen LogP contribution is 2.19. The summed E-state index contributed by atoms with van der Waals surface area (Å²) in [4.78, 5) is 245. The summed E-state index contributed by atoms with van der Waals surface area (Å²) in [5.74, 6) is -22.4. The second-order valence-electron chi connectivity index (χ2n) is 30.7. The number of unbranched alkanes of at least 4 members (excludes halogenated alkanes) is 11. The number of aliphatic hydroxyl groups is 4. The normalized spacial score (nSPS) is 20.8. The van der Waals surface area contributed by atoms with Gasteiger partial charge in [-0.3, -0.25) is 62.3 Å². The SMILES string of the molecule is C/C=C1\NC(=O)[C@H](C(C)O)NC(=O)[C@H](CCNC(=O)OCOC(=O)C(C)(C)C)NC(=O)[C@H](CCCCNC(=O)OCOC(=O)C(C)(C)C)NC(=O)[C@H](CC(=O)O)NC(=O)[C@@H](CCNC(=O)OCOC(=O)C(C)(C)C)NC(=O)[C@@H](NC(=O)C[C@H](O)CCCCCCCCCCCCC)COC(=O)[C@H](C(O)CCl)NC(=O)[C@H](C(O)C(=O)O)NC1=O. The number of alkyl carbamates (subject to hydrolysis) is 3. The van der Waals surface area contributed by atoms with Crippen molar-refractivity contribution >= 4 is 119 Å². The number of carbonyl (C=O) groups excluding carboxylic acids is 16. The number of nitrogens with one attached hydrogen (secondary N) is 12. The van der Waals surface area contributed by atoms with Gasteiger partial charge in [0.25, 0.3) is 5.91 Å². The molecule has 0 aromatic carbocycles. The summed E-state index contributed by atoms with van der Waals surface area (Å²) in [5.41, 5.74) is -3.99. The number of alkyl halides is 1. The number of aliphatic carboxylic acids is 2. The number of hydrogen-bond donors (Lipinski definition) is 18. The van der Waals surface area contributed by atoms with Gasteiger partial charge in [-0.15, -0.1) is 11.6 Å². The molecule has 3 unspecified atom stereocenters. The fourth-order valence-corrected chi connectivity index (χ4v) is 10.4. The van der Waals surface area contributed by atoms with Crippen LogP contribution in [0.2, 0.25) is 0 Å². The van der Waals surface area contributed by atoms with E-state index in [9.17, 15) is 117 Å². The van der Waals surface area contributed by atoms with E-state index in [1.54, 1.807) is 0 Å². The van der Waals surface area contributed by atoms with Gasteiger partial charge in [0, 0.05) is 19.6 Å². The molecule has 1 aliphatic rings. The standard InChI is InChI=1S/C74H121ClN12O31/c1-13-15-16-17-18-19-20-21-22-23-24-27-42(89)34-50(91)79-48-37-112-65(105)53(49(90)36-75)86-63(102)54(55(94)64(103)104)87-56(95)43(14-2)80-62(101)52(41(3)88)85-59(98)46(30-33-78-71(111)118-40-115-68(108)74(10,11)12)82-57(96)44(28-25-26-31-76-69(109)116-38-113-66(106)72(4,5)6)81-60(99)47(35-51(92)93)84-58(97)45(83-61(48)100)29-32-77-70(110)117-39-114-67(107)73(7,8)9/h14,41-42,44-49,52-55,88-90,94H,13,15-40H2,1-12H3,(H,76,109)(H,77,110)(H,78,111)(H,79,91)(H,80,101)(H,81,99)(H,82,96)(H,83,100)(H,84,97)(H,85,98)(H,86,102)(H,87,95)(H,92,93)(H,103,104)/b43-14-/t41?,42-,44+,45-,46+,47+,48+,49?,52+,53+,54+,55?/m1/s1. The lowest BCUT2D eigenvalue weighted by Crippen LogP contribution is -2.62. The first kappa shape index (κ1) is 106. The van der Waals surface area contributed by atoms with E-state index in [1.807, 2.05) is 16.0 Å². The number of cyclic esters (lactones) is 1. The van der Waals surface area contributed by atoms with Gasteiger partial charge in [-0.1, -0.05) is 83.6 Å². The molecule has 43 nitrogen and oxygen atoms in total. The topological polar surface area (TPSA) is 638 Å². The summed E-state index contributed by atoms with van der Waals surface area (Å²) in [5, 5.41) is 90.3. The number of amides is 12. The summed E-state index contributed by atoms with van der Waals surface area (Å²) >= 11 is 5.95. The third-order valence-corrected chi connectivity index (χ3v) is 17.5. The molecule has 670 valence electrons. The van der Waals surface area contributed by atoms with Crippen molar-refractivity contribution in [2.24, 2.45) is 16.2 Å². The van der Waals surface area contributed by atoms with Gasteiger partial charge < -0.3 is 128 Å². The highest BCUT2D eigenvalue weighted by atomic mass is 35.5. The smallest absolute Gasteiger partial charge is 0.410 e. The van der Waals surface area contributed by atoms with E-state index in [4.69, 9.17) is 44.8 Å². The Kier molecular flexibility index (Phi) is 49.0. The first-order chi connectivity index (χ1) is 55.2. The second-order valence-corrected chi connectivity index (χ2v) is 31.0. The second kappa shape index (κ2) is 54.7. The molecule has 12 atom stereocenters. The molecular weight excluding hydrogens is 1590 g/mol. The maximum absolute atomic E-state index is 14.9. The number of carbonyl (C=O) groups is 18. The molecule has 0 radical (unpaired) electrons. The van der Waals surface area contributed by atoms with Gasteiger partial charge in [0.1, 0.15) is 54.6 Å². The number of rotatable bonds is 39. The molecule has 44 heteroatoms. The molecule has 0 spiro atoms. The number of esters is 4. The van der Waals surface area contributed by atoms with Gasteiger partial charge in [-0.2, -0.15) is 0 Å². The maximum atomic E-state index is 14.9. The summed E-state index contributed by atoms with van der Waals surface area (Å²) in [7, 11) is 0. The lowest BCUT2D eigenvalue weighted by Gasteiger charge is -2.29. The van der Waals surface area contributed by atoms with Crippen LogP contribution in [0.25, 0.3) is 0 Å². The Balaban J connectivity index is 4.42. The Morgan fingerprint density at radius 1 is 0.500 bits per heavy atom. The molecule has 1 rings (SSSR count). The third-order valence-electron chi connectivity index (χ3n) is 17.2. The number of allylic oxidation sites excluding steroid dienone is 1. The van der Waals surface area contributed by atoms with Crippen LogP contribution >= 0.6 is 11.6 Å². The van der Waals surface area contributed by atoms with Crippen LogP contribution in [0.5, 0.6) is 0 Å². The minimum absolute atomic E-state index is 0.0687. The van der Waals surface area contributed by atoms with Crippen molar-refractivity contribution in [1.29, 1.82) is 0 Å². The highest BCUT2D eigenvalue weighted by molar-refractivity contribution is 6.18. The van der Waals surface area contributed by atoms with Crippen LogP contribution in [0.3, 0.4) is 0 Å². The lowest BCUT2D eigenvalue weighted by atomic mass is 9.97. The van der Waals surface area contributed by atoms with E-state index >= 15 is 0 Å². The summed E-state index contributed by atoms with van der Waals surface area (Å²) < 4.78 is 34.9. The molecule has 1 saturated heterocycles. The maximum Gasteiger partial charge on any atom is 0.410 e. The first-order valence-corrected chi connectivity index (χ1v) is 39.2. The van der Waals surface area contributed by atoms with Gasteiger partial charge in [0.2, 0.25) is 67.6 Å². The average molecular weight is 1710 g/mol. The minimum Gasteiger partial charge on any atom is -0.481 e. The van der Waals surface area contributed by atoms with Gasteiger partial charge in [-0.05, 0) is 115 Å². The minimum atomic E-state index is -2.96. The van der Waals surface area contributed by atoms with Crippen LogP contribution < -0.4 is 63.8 Å². The zero-order valence-electron chi connectivity index (χ0n) is 68.9. The van der Waals surface area contributed by atoms with Crippen LogP contribution in [0.4, 0.5) is 14.4 Å². The van der Waals surface area contributed by atoms with E-state index in [2.05, 4.69) is 54.8 Å². The molecule has 1 fully saturated rings. The Bertz CT molecular complexity index is 3400. The number of halogens is 1. The molecule has 12 amide bonds. The fourth-order valence-electron chi connectivity index (χ4n) is 10.3. The number of ether oxygens (including phenoxy) is 7. The van der Waals surface area contributed by atoms with Crippen molar-refractivity contribution in [1.82, 2.24) is 63.8 Å². The van der Waals surface area contributed by atoms with Crippen LogP contribution in [0.15, 0.2) is 11.8 Å². The zero-order valence-corrected chi connectivity index (χ0v) is 69.6. The van der Waals surface area contributed by atoms with Crippen molar-refractivity contribution in [3.8, 4) is 0 Å². The Morgan fingerprint density at radius 3 is 1.35 bits per heavy atom. The average Bonchev–Trinajstić information content (AvgIpc) is 0.838. The van der Waals surface area contributed by atoms with Gasteiger partial charge in [-0.25, -0.2) is 24.0 Å². The van der Waals surface area contributed by atoms with E-state index in [0.29, 0.717) is 12.8 Å². The van der Waals surface area contributed by atoms with Crippen molar-refractivity contribution in [3.05, 3.63) is 11.8 Å². The number of hydrogen-bond acceptors (Lipinski definition) is 29. The molecule has 1 aliphatic heterocycles. The molecular formula is C74H121ClN12O31. The van der Waals surface area contributed by atoms with Crippen molar-refractivity contribution in [3.63, 3.8) is 0 Å². The number of carboxylic acids is 2. The molecule has 18 N–H and O–H groups in total. The monoisotopic (exact) mass is 1710 g/mol. The Labute approximate surface area is 688 Å². The largest absolute Gasteiger partial charge is 0.481 e. The summed E-state index contributed by atoms with van der Waals surface area (Å²) in [6.45, 7) is 12.1. The predicted octanol–water partition coefficient (Wildman–Crippen LogP) is -0.436. The quantitative estimate of drug-likeness (QED) is 0.00927. The highest BCUT2D eigenvalue weighted by Gasteiger charge is 2.42. The molecule has 0 aliphatic carbocycles. The molecule has 1 heterocycles. The van der Waals surface area contributed by atoms with E-state index in [0.717, 1.165) is 77.7 Å². The number of carboxylic acid groups (broad SMARTS) is 2. The van der Waals surface area contributed by atoms with E-state index in [1.165, 1.54) is 62.3 Å². The van der Waals surface area contributed by atoms with Crippen LogP contribution in [0.1, 0.15) is 205 Å². The zero-order chi connectivity index (χ0) is 89.6. The van der Waals surface area contributed by atoms with E-state index < -0.39 is 280 Å². The fraction of sp³-hybridized carbons (Fsp3) is 0.730. The molecule has 0 bridgehead atoms. The third kappa shape index (κ3) is 43.3. The molecule has 0 aromatic rings. The lowest BCUT2D eigenvalue weighted by molar-refractivity contribution is -0.162. The van der Waals surface area contributed by atoms with Crippen LogP contribution in [-0.4, -0.2) is 263 Å². The van der Waals surface area contributed by atoms with E-state index in [-0.39, 0.29) is 25.8 Å². The first-order valence-electron chi connectivity index (χ1n) is 38.7. The van der Waals surface area contributed by atoms with Gasteiger partial charge >= 0.3 is 54.1 Å². The molecule has 118 heavy (non-hydrogen) atoms. The Hall–Kier alpha value is -10.3. The van der Waals surface area contributed by atoms with Crippen molar-refractivity contribution in [2.75, 3.05) is 52.5 Å². The Morgan fingerprint density at radius 2 is 0.915 bits per heavy atom. The van der Waals surface area contributed by atoms with Gasteiger partial charge in [0.05, 0.1) is 53.3 Å². The van der Waals surface area contributed by atoms with Crippen LogP contribution in [0, 0.1) is 16.2 Å².